The average Bonchev–Trinajstić information content (AvgIpc) is 2.30. The number of nitrogens with one attached hydrogen (secondary N) is 1. The molecule has 1 saturated heterocycles. The van der Waals surface area contributed by atoms with Gasteiger partial charge in [-0.1, -0.05) is 18.5 Å². The Morgan fingerprint density at radius 2 is 1.60 bits per heavy atom. The van der Waals surface area contributed by atoms with Gasteiger partial charge in [-0.25, -0.2) is 4.39 Å². The van der Waals surface area contributed by atoms with E-state index in [1.165, 1.54) is 0 Å². The number of ether oxygens (including phenoxy) is 1. The van der Waals surface area contributed by atoms with Crippen molar-refractivity contribution in [3.63, 3.8) is 0 Å². The van der Waals surface area contributed by atoms with Gasteiger partial charge in [-0.15, -0.1) is 0 Å². The molecule has 1 aromatic rings. The summed E-state index contributed by atoms with van der Waals surface area (Å²) in [7, 11) is 11.2. The van der Waals surface area contributed by atoms with Crippen LogP contribution in [0.2, 0.25) is 0 Å². The zero-order valence-electron chi connectivity index (χ0n) is 13.2. The van der Waals surface area contributed by atoms with Gasteiger partial charge in [-0.2, -0.15) is 4.39 Å². The molecule has 0 aliphatic carbocycles. The molecule has 100 valence electrons. The number of rotatable bonds is 2. The maximum atomic E-state index is 14.2. The van der Waals surface area contributed by atoms with E-state index in [9.17, 15) is 8.78 Å². The Bertz CT molecular complexity index is 565. The van der Waals surface area contributed by atoms with Gasteiger partial charge in [0.1, 0.15) is 39.2 Å². The SMILES string of the molecule is Bc1cc(B)c(OC2(B)C(B)(B)NC2(B)C)c(F)c1F. The van der Waals surface area contributed by atoms with E-state index in [1.807, 2.05) is 38.3 Å². The van der Waals surface area contributed by atoms with Crippen LogP contribution in [0.4, 0.5) is 8.78 Å². The number of halogens is 2. The highest BCUT2D eigenvalue weighted by Crippen LogP contribution is 2.40. The van der Waals surface area contributed by atoms with Gasteiger partial charge in [0.05, 0.1) is 5.50 Å². The topological polar surface area (TPSA) is 21.3 Å². The van der Waals surface area contributed by atoms with Crippen LogP contribution < -0.4 is 21.0 Å². The monoisotopic (exact) mass is 271 g/mol. The van der Waals surface area contributed by atoms with Gasteiger partial charge in [-0.3, -0.25) is 0 Å². The van der Waals surface area contributed by atoms with Gasteiger partial charge in [-0.05, 0) is 10.8 Å². The first-order valence-corrected chi connectivity index (χ1v) is 6.86. The molecule has 1 fully saturated rings. The highest BCUT2D eigenvalue weighted by molar-refractivity contribution is 6.49. The zero-order chi connectivity index (χ0) is 15.5. The molecule has 0 radical (unpaired) electrons. The Morgan fingerprint density at radius 3 is 2.05 bits per heavy atom. The van der Waals surface area contributed by atoms with Crippen LogP contribution >= 0.6 is 0 Å². The summed E-state index contributed by atoms with van der Waals surface area (Å²) in [5.74, 6) is -1.72. The van der Waals surface area contributed by atoms with E-state index >= 15 is 0 Å². The molecule has 10 heteroatoms. The smallest absolute Gasteiger partial charge is 0.199 e. The third-order valence-corrected chi connectivity index (χ3v) is 4.85. The second kappa shape index (κ2) is 4.36. The van der Waals surface area contributed by atoms with Crippen LogP contribution in [0.15, 0.2) is 6.07 Å². The summed E-state index contributed by atoms with van der Waals surface area (Å²) in [6, 6.07) is 1.61. The lowest BCUT2D eigenvalue weighted by Crippen LogP contribution is -2.93. The van der Waals surface area contributed by atoms with Crippen molar-refractivity contribution < 1.29 is 13.5 Å². The molecule has 1 N–H and O–H groups in total. The molecule has 0 bridgehead atoms. The molecule has 1 aliphatic rings. The molecule has 0 spiro atoms. The van der Waals surface area contributed by atoms with Gasteiger partial charge >= 0.3 is 0 Å². The minimum atomic E-state index is -0.901. The van der Waals surface area contributed by atoms with Crippen LogP contribution in [0.5, 0.6) is 5.75 Å². The molecule has 2 nitrogen and oxygen atoms in total. The second-order valence-corrected chi connectivity index (χ2v) is 6.98. The van der Waals surface area contributed by atoms with Crippen LogP contribution in [0.1, 0.15) is 6.92 Å². The molecule has 1 aromatic carbocycles. The van der Waals surface area contributed by atoms with E-state index in [0.717, 1.165) is 0 Å². The van der Waals surface area contributed by atoms with Crippen molar-refractivity contribution in [3.8, 4) is 5.75 Å². The van der Waals surface area contributed by atoms with Gasteiger partial charge in [0.25, 0.3) is 0 Å². The largest absolute Gasteiger partial charge is 0.493 e. The highest BCUT2D eigenvalue weighted by Gasteiger charge is 2.63. The van der Waals surface area contributed by atoms with E-state index in [-0.39, 0.29) is 16.5 Å². The molecule has 0 amide bonds. The van der Waals surface area contributed by atoms with Gasteiger partial charge in [0.15, 0.2) is 25.2 Å². The fraction of sp³-hybridized carbons (Fsp3) is 0.400. The van der Waals surface area contributed by atoms with Crippen molar-refractivity contribution in [1.29, 1.82) is 0 Å². The summed E-state index contributed by atoms with van der Waals surface area (Å²) < 4.78 is 34.0. The molecule has 2 rings (SSSR count). The lowest BCUT2D eigenvalue weighted by molar-refractivity contribution is -0.0139. The lowest BCUT2D eigenvalue weighted by Gasteiger charge is -2.67. The normalized spacial score (nSPS) is 31.6. The molecule has 2 unspecified atom stereocenters. The highest BCUT2D eigenvalue weighted by atomic mass is 19.2. The first-order chi connectivity index (χ1) is 8.93. The van der Waals surface area contributed by atoms with Gasteiger partial charge < -0.3 is 10.1 Å². The summed E-state index contributed by atoms with van der Waals surface area (Å²) in [6.45, 7) is 2.00. The fourth-order valence-corrected chi connectivity index (χ4v) is 3.22. The van der Waals surface area contributed by atoms with E-state index in [2.05, 4.69) is 5.32 Å². The lowest BCUT2D eigenvalue weighted by atomic mass is 9.32. The standard InChI is InChI=1S/C10H17B6F2NO/c1-8(13)9(14,10(15,16)19-8)20-7-4(12)2-3(11)5(17)6(7)18/h2,19H,11-16H2,1H3. The van der Waals surface area contributed by atoms with Crippen molar-refractivity contribution in [3.05, 3.63) is 17.7 Å². The minimum absolute atomic E-state index is 0.0123. The van der Waals surface area contributed by atoms with Crippen molar-refractivity contribution >= 4 is 58.0 Å². The van der Waals surface area contributed by atoms with Crippen LogP contribution in [0, 0.1) is 11.6 Å². The van der Waals surface area contributed by atoms with E-state index < -0.39 is 17.1 Å². The Labute approximate surface area is 124 Å². The molecule has 0 saturated carbocycles. The Kier molecular flexibility index (Phi) is 3.40. The molecular formula is C10H17B6F2NO. The molecule has 0 aromatic heterocycles. The minimum Gasteiger partial charge on any atom is -0.493 e. The van der Waals surface area contributed by atoms with E-state index in [1.54, 1.807) is 21.8 Å². The summed E-state index contributed by atoms with van der Waals surface area (Å²) in [6.07, 6.45) is 0. The summed E-state index contributed by atoms with van der Waals surface area (Å²) in [5, 5.41) is 3.07. The predicted octanol–water partition coefficient (Wildman–Crippen LogP) is -5.94. The first kappa shape index (κ1) is 15.6. The van der Waals surface area contributed by atoms with Gasteiger partial charge in [0, 0.05) is 5.44 Å². The maximum Gasteiger partial charge on any atom is 0.199 e. The van der Waals surface area contributed by atoms with Gasteiger partial charge in [0.2, 0.25) is 0 Å². The third kappa shape index (κ3) is 1.95. The number of hydrogen-bond donors (Lipinski definition) is 1. The van der Waals surface area contributed by atoms with Crippen LogP contribution in [0.3, 0.4) is 0 Å². The Balaban J connectivity index is 2.48. The zero-order valence-corrected chi connectivity index (χ0v) is 13.2. The summed E-state index contributed by atoms with van der Waals surface area (Å²) in [4.78, 5) is 0. The first-order valence-electron chi connectivity index (χ1n) is 6.86. The van der Waals surface area contributed by atoms with Crippen molar-refractivity contribution in [2.75, 3.05) is 0 Å². The van der Waals surface area contributed by atoms with Crippen LogP contribution in [-0.4, -0.2) is 63.4 Å². The molecular weight excluding hydrogens is 253 g/mol. The average molecular weight is 270 g/mol. The number of hydrogen-bond acceptors (Lipinski definition) is 2. The van der Waals surface area contributed by atoms with Crippen molar-refractivity contribution in [2.24, 2.45) is 0 Å². The molecule has 1 heterocycles. The second-order valence-electron chi connectivity index (χ2n) is 6.98. The molecule has 1 aliphatic heterocycles. The van der Waals surface area contributed by atoms with E-state index in [0.29, 0.717) is 10.9 Å². The van der Waals surface area contributed by atoms with Crippen molar-refractivity contribution in [2.45, 2.75) is 23.2 Å². The third-order valence-electron chi connectivity index (χ3n) is 4.85. The van der Waals surface area contributed by atoms with Crippen LogP contribution in [0.25, 0.3) is 0 Å². The van der Waals surface area contributed by atoms with Crippen LogP contribution in [-0.2, 0) is 0 Å². The van der Waals surface area contributed by atoms with Crippen molar-refractivity contribution in [1.82, 2.24) is 5.32 Å². The maximum absolute atomic E-state index is 14.2. The Morgan fingerprint density at radius 1 is 1.05 bits per heavy atom. The fourth-order valence-electron chi connectivity index (χ4n) is 3.22. The summed E-state index contributed by atoms with van der Waals surface area (Å²) >= 11 is 0. The summed E-state index contributed by atoms with van der Waals surface area (Å²) in [5.41, 5.74) is -0.0480. The number of benzene rings is 1. The Hall–Kier alpha value is -0.770. The molecule has 2 atom stereocenters. The molecule has 20 heavy (non-hydrogen) atoms. The predicted molar refractivity (Wildman–Crippen MR) is 94.5 cm³/mol. The quantitative estimate of drug-likeness (QED) is 0.540. The van der Waals surface area contributed by atoms with E-state index in [4.69, 9.17) is 4.74 Å².